The molecule has 29 heavy (non-hydrogen) atoms. The van der Waals surface area contributed by atoms with Gasteiger partial charge in [-0.25, -0.2) is 10.1 Å². The molecule has 0 unspecified atom stereocenters. The summed E-state index contributed by atoms with van der Waals surface area (Å²) in [6, 6.07) is 26.7. The van der Waals surface area contributed by atoms with Crippen LogP contribution in [0.1, 0.15) is 24.0 Å². The van der Waals surface area contributed by atoms with Gasteiger partial charge in [0.25, 0.3) is 0 Å². The van der Waals surface area contributed by atoms with Crippen LogP contribution in [0.4, 0.5) is 0 Å². The van der Waals surface area contributed by atoms with Crippen molar-refractivity contribution in [2.45, 2.75) is 44.3 Å². The molecule has 3 aromatic rings. The standard InChI is InChI=1S/C25H26NSi.B.Y/c1-19-10-11-21(20-8-4-3-5-9-20)16-23(19)24-17-25-22(18-26(24)2)12-15-27(25)13-6-7-14-27;;/h3-5,8,10-11,17-18H,6-7,12-15H2,1-2H3;;/q-1;;. The van der Waals surface area contributed by atoms with Crippen molar-refractivity contribution in [2.75, 3.05) is 0 Å². The van der Waals surface area contributed by atoms with E-state index in [9.17, 15) is 0 Å². The van der Waals surface area contributed by atoms with Crippen molar-refractivity contribution >= 4 is 21.7 Å². The molecule has 1 fully saturated rings. The smallest absolute Gasteiger partial charge is 0.165 e. The minimum Gasteiger partial charge on any atom is -0.233 e. The average Bonchev–Trinajstić information content (AvgIpc) is 3.31. The van der Waals surface area contributed by atoms with Crippen LogP contribution in [0.25, 0.3) is 22.4 Å². The Hall–Kier alpha value is -1.02. The van der Waals surface area contributed by atoms with Gasteiger partial charge in [0, 0.05) is 46.7 Å². The molecule has 0 atom stereocenters. The fourth-order valence-electron chi connectivity index (χ4n) is 5.28. The topological polar surface area (TPSA) is 3.88 Å². The quantitative estimate of drug-likeness (QED) is 0.299. The van der Waals surface area contributed by atoms with Crippen LogP contribution >= 0.6 is 0 Å². The Morgan fingerprint density at radius 2 is 1.79 bits per heavy atom. The maximum Gasteiger partial charge on any atom is 0.165 e. The van der Waals surface area contributed by atoms with Crippen LogP contribution in [0.15, 0.2) is 48.7 Å². The molecule has 2 aliphatic heterocycles. The number of aromatic nitrogens is 1. The second kappa shape index (κ2) is 9.00. The van der Waals surface area contributed by atoms with E-state index in [1.165, 1.54) is 54.2 Å². The van der Waals surface area contributed by atoms with Gasteiger partial charge >= 0.3 is 0 Å². The Labute approximate surface area is 203 Å². The van der Waals surface area contributed by atoms with Crippen LogP contribution in [-0.2, 0) is 46.2 Å². The molecular formula is C25H26BNSiY-. The van der Waals surface area contributed by atoms with Crippen LogP contribution in [0.3, 0.4) is 0 Å². The number of hydrogen-bond acceptors (Lipinski definition) is 0. The molecule has 0 N–H and O–H groups in total. The van der Waals surface area contributed by atoms with Crippen molar-refractivity contribution in [2.24, 2.45) is 7.05 Å². The summed E-state index contributed by atoms with van der Waals surface area (Å²) >= 11 is 0. The van der Waals surface area contributed by atoms with Gasteiger partial charge in [-0.1, -0.05) is 42.6 Å². The van der Waals surface area contributed by atoms with Crippen LogP contribution in [0.2, 0.25) is 18.1 Å². The third-order valence-corrected chi connectivity index (χ3v) is 12.2. The van der Waals surface area contributed by atoms with E-state index in [1.54, 1.807) is 10.8 Å². The van der Waals surface area contributed by atoms with Crippen LogP contribution in [-0.4, -0.2) is 16.5 Å². The number of nitrogens with zero attached hydrogens (tertiary/aromatic N) is 1. The summed E-state index contributed by atoms with van der Waals surface area (Å²) in [5.74, 6) is 0. The fraction of sp³-hybridized carbons (Fsp3) is 0.320. The number of fused-ring (bicyclic) bond motifs is 2. The Balaban J connectivity index is 0.00000120. The van der Waals surface area contributed by atoms with Crippen LogP contribution in [0, 0.1) is 19.1 Å². The molecule has 0 aliphatic carbocycles. The van der Waals surface area contributed by atoms with Gasteiger partial charge < -0.3 is 0 Å². The number of rotatable bonds is 2. The van der Waals surface area contributed by atoms with Crippen molar-refractivity contribution in [1.29, 1.82) is 0 Å². The Bertz CT molecular complexity index is 1010. The number of hydrogen-bond donors (Lipinski definition) is 0. The molecule has 1 spiro atoms. The van der Waals surface area contributed by atoms with Crippen molar-refractivity contribution < 1.29 is 37.3 Å². The first kappa shape index (κ1) is 22.7. The Kier molecular flexibility index (Phi) is 7.03. The fourth-order valence-corrected chi connectivity index (χ4v) is 10.7. The summed E-state index contributed by atoms with van der Waals surface area (Å²) in [7, 11) is 0.994. The van der Waals surface area contributed by atoms with Crippen LogP contribution in [0.5, 0.6) is 0 Å². The predicted octanol–water partition coefficient (Wildman–Crippen LogP) is 4.38. The van der Waals surface area contributed by atoms with Gasteiger partial charge in [0.15, 0.2) is 6.20 Å². The zero-order chi connectivity index (χ0) is 18.4. The van der Waals surface area contributed by atoms with Crippen molar-refractivity contribution in [3.63, 3.8) is 0 Å². The Morgan fingerprint density at radius 3 is 2.52 bits per heavy atom. The molecule has 0 saturated carbocycles. The molecule has 2 aromatic carbocycles. The molecule has 1 aromatic heterocycles. The molecule has 5 rings (SSSR count). The molecule has 4 heteroatoms. The van der Waals surface area contributed by atoms with Crippen molar-refractivity contribution in [3.05, 3.63) is 71.9 Å². The number of benzene rings is 2. The third-order valence-electron chi connectivity index (χ3n) is 6.77. The first-order valence-corrected chi connectivity index (χ1v) is 12.8. The third kappa shape index (κ3) is 3.99. The molecule has 0 amide bonds. The van der Waals surface area contributed by atoms with E-state index < -0.39 is 8.07 Å². The second-order valence-electron chi connectivity index (χ2n) is 8.40. The molecule has 1 saturated heterocycles. The maximum atomic E-state index is 3.72. The number of aryl methyl sites for hydroxylation is 3. The number of pyridine rings is 1. The summed E-state index contributed by atoms with van der Waals surface area (Å²) in [6.07, 6.45) is 6.62. The largest absolute Gasteiger partial charge is 0.233 e. The van der Waals surface area contributed by atoms with Gasteiger partial charge in [0.2, 0.25) is 0 Å². The molecule has 142 valence electrons. The van der Waals surface area contributed by atoms with E-state index in [-0.39, 0.29) is 41.1 Å². The van der Waals surface area contributed by atoms with Gasteiger partial charge in [0.1, 0.15) is 12.7 Å². The molecule has 3 heterocycles. The maximum absolute atomic E-state index is 3.72. The molecular weight excluding hydrogens is 442 g/mol. The first-order chi connectivity index (χ1) is 13.2. The van der Waals surface area contributed by atoms with Crippen molar-refractivity contribution in [3.8, 4) is 22.4 Å². The van der Waals surface area contributed by atoms with E-state index >= 15 is 0 Å². The molecule has 2 aliphatic rings. The molecule has 4 radical (unpaired) electrons. The average molecular weight is 468 g/mol. The molecule has 1 nitrogen and oxygen atoms in total. The summed E-state index contributed by atoms with van der Waals surface area (Å²) in [5, 5.41) is 1.76. The first-order valence-electron chi connectivity index (χ1n) is 10.2. The summed E-state index contributed by atoms with van der Waals surface area (Å²) in [4.78, 5) is 0. The van der Waals surface area contributed by atoms with E-state index in [1.807, 2.05) is 12.1 Å². The monoisotopic (exact) mass is 468 g/mol. The summed E-state index contributed by atoms with van der Waals surface area (Å²) in [5.41, 5.74) is 7.73. The zero-order valence-electron chi connectivity index (χ0n) is 17.5. The second-order valence-corrected chi connectivity index (χ2v) is 13.0. The SMILES string of the molecule is Cc1ccc(-c2[c-]cccc2)[c-]c1-c1cc2c(c[n+]1C)CC[Si]21CCCC1.[B].[Y]. The minimum absolute atomic E-state index is 0. The van der Waals surface area contributed by atoms with E-state index in [0.717, 1.165) is 11.1 Å². The van der Waals surface area contributed by atoms with E-state index in [0.29, 0.717) is 0 Å². The normalized spacial score (nSPS) is 16.2. The van der Waals surface area contributed by atoms with E-state index in [4.69, 9.17) is 0 Å². The van der Waals surface area contributed by atoms with Gasteiger partial charge in [-0.3, -0.25) is 0 Å². The van der Waals surface area contributed by atoms with Gasteiger partial charge in [-0.15, -0.1) is 17.7 Å². The van der Waals surface area contributed by atoms with Crippen LogP contribution < -0.4 is 9.75 Å². The van der Waals surface area contributed by atoms with Crippen molar-refractivity contribution in [1.82, 2.24) is 0 Å². The minimum atomic E-state index is -1.21. The Morgan fingerprint density at radius 1 is 1.00 bits per heavy atom. The zero-order valence-corrected chi connectivity index (χ0v) is 21.3. The molecule has 0 bridgehead atoms. The summed E-state index contributed by atoms with van der Waals surface area (Å²) < 4.78 is 2.33. The van der Waals surface area contributed by atoms with Gasteiger partial charge in [-0.2, -0.15) is 42.0 Å². The van der Waals surface area contributed by atoms with Gasteiger partial charge in [0.05, 0.1) is 8.07 Å². The van der Waals surface area contributed by atoms with Gasteiger partial charge in [-0.05, 0) is 18.5 Å². The van der Waals surface area contributed by atoms with E-state index in [2.05, 4.69) is 67.2 Å². The summed E-state index contributed by atoms with van der Waals surface area (Å²) in [6.45, 7) is 2.21. The predicted molar refractivity (Wildman–Crippen MR) is 119 cm³/mol.